The zero-order valence-corrected chi connectivity index (χ0v) is 11.4. The van der Waals surface area contributed by atoms with Crippen LogP contribution in [-0.4, -0.2) is 35.3 Å². The summed E-state index contributed by atoms with van der Waals surface area (Å²) in [6.45, 7) is 10.2. The Morgan fingerprint density at radius 3 is 2.47 bits per heavy atom. The first-order chi connectivity index (χ1) is 7.10. The number of thioether (sulfide) groups is 1. The normalized spacial score (nSPS) is 17.4. The molecule has 2 N–H and O–H groups in total. The molecule has 3 heteroatoms. The summed E-state index contributed by atoms with van der Waals surface area (Å²) in [5, 5.41) is 13.1. The van der Waals surface area contributed by atoms with Crippen LogP contribution < -0.4 is 5.32 Å². The monoisotopic (exact) mass is 233 g/mol. The van der Waals surface area contributed by atoms with Gasteiger partial charge in [0.15, 0.2) is 0 Å². The molecule has 0 rings (SSSR count). The SMILES string of the molecule is CCCNC(C)CC(C)SCC(C)CO. The van der Waals surface area contributed by atoms with Gasteiger partial charge in [-0.1, -0.05) is 20.8 Å². The van der Waals surface area contributed by atoms with E-state index in [1.165, 1.54) is 12.8 Å². The molecule has 0 saturated carbocycles. The molecule has 0 aliphatic carbocycles. The molecule has 0 aliphatic heterocycles. The second-order valence-electron chi connectivity index (χ2n) is 4.52. The van der Waals surface area contributed by atoms with Crippen LogP contribution in [0.15, 0.2) is 0 Å². The summed E-state index contributed by atoms with van der Waals surface area (Å²) in [7, 11) is 0. The van der Waals surface area contributed by atoms with Crippen molar-refractivity contribution in [3.63, 3.8) is 0 Å². The number of aliphatic hydroxyl groups is 1. The Morgan fingerprint density at radius 1 is 1.27 bits per heavy atom. The molecule has 2 nitrogen and oxygen atoms in total. The van der Waals surface area contributed by atoms with Crippen molar-refractivity contribution in [1.82, 2.24) is 5.32 Å². The zero-order valence-electron chi connectivity index (χ0n) is 10.6. The maximum atomic E-state index is 8.92. The van der Waals surface area contributed by atoms with Gasteiger partial charge >= 0.3 is 0 Å². The van der Waals surface area contributed by atoms with Crippen LogP contribution in [0.5, 0.6) is 0 Å². The summed E-state index contributed by atoms with van der Waals surface area (Å²) in [5.41, 5.74) is 0. The topological polar surface area (TPSA) is 32.3 Å². The van der Waals surface area contributed by atoms with E-state index in [9.17, 15) is 0 Å². The van der Waals surface area contributed by atoms with E-state index in [-0.39, 0.29) is 0 Å². The van der Waals surface area contributed by atoms with Crippen LogP contribution in [0.1, 0.15) is 40.5 Å². The Kier molecular flexibility index (Phi) is 9.66. The van der Waals surface area contributed by atoms with Gasteiger partial charge in [-0.3, -0.25) is 0 Å². The van der Waals surface area contributed by atoms with Crippen molar-refractivity contribution in [3.8, 4) is 0 Å². The van der Waals surface area contributed by atoms with Crippen molar-refractivity contribution < 1.29 is 5.11 Å². The van der Waals surface area contributed by atoms with E-state index in [1.807, 2.05) is 11.8 Å². The predicted molar refractivity (Wildman–Crippen MR) is 70.5 cm³/mol. The highest BCUT2D eigenvalue weighted by molar-refractivity contribution is 7.99. The highest BCUT2D eigenvalue weighted by atomic mass is 32.2. The first-order valence-electron chi connectivity index (χ1n) is 6.05. The minimum absolute atomic E-state index is 0.309. The molecule has 0 radical (unpaired) electrons. The molecule has 92 valence electrons. The van der Waals surface area contributed by atoms with E-state index < -0.39 is 0 Å². The minimum Gasteiger partial charge on any atom is -0.396 e. The molecular weight excluding hydrogens is 206 g/mol. The quantitative estimate of drug-likeness (QED) is 0.642. The minimum atomic E-state index is 0.309. The molecule has 0 amide bonds. The number of nitrogens with one attached hydrogen (secondary N) is 1. The van der Waals surface area contributed by atoms with Crippen LogP contribution in [0.4, 0.5) is 0 Å². The van der Waals surface area contributed by atoms with Crippen LogP contribution in [-0.2, 0) is 0 Å². The molecule has 3 atom stereocenters. The van der Waals surface area contributed by atoms with Crippen molar-refractivity contribution in [2.45, 2.75) is 51.8 Å². The van der Waals surface area contributed by atoms with E-state index in [4.69, 9.17) is 5.11 Å². The lowest BCUT2D eigenvalue weighted by atomic mass is 10.2. The van der Waals surface area contributed by atoms with Crippen LogP contribution in [0.3, 0.4) is 0 Å². The van der Waals surface area contributed by atoms with Crippen LogP contribution in [0.25, 0.3) is 0 Å². The van der Waals surface area contributed by atoms with Crippen molar-refractivity contribution in [1.29, 1.82) is 0 Å². The van der Waals surface area contributed by atoms with E-state index in [1.54, 1.807) is 0 Å². The van der Waals surface area contributed by atoms with Gasteiger partial charge in [0.1, 0.15) is 0 Å². The van der Waals surface area contributed by atoms with Gasteiger partial charge in [-0.2, -0.15) is 11.8 Å². The second kappa shape index (κ2) is 9.49. The van der Waals surface area contributed by atoms with E-state index in [2.05, 4.69) is 33.0 Å². The molecule has 0 heterocycles. The summed E-state index contributed by atoms with van der Waals surface area (Å²) in [6, 6.07) is 0.608. The Bertz CT molecular complexity index is 144. The Morgan fingerprint density at radius 2 is 1.93 bits per heavy atom. The van der Waals surface area contributed by atoms with Crippen LogP contribution in [0.2, 0.25) is 0 Å². The molecule has 15 heavy (non-hydrogen) atoms. The van der Waals surface area contributed by atoms with Crippen LogP contribution in [0, 0.1) is 5.92 Å². The fourth-order valence-electron chi connectivity index (χ4n) is 1.42. The second-order valence-corrected chi connectivity index (χ2v) is 5.99. The van der Waals surface area contributed by atoms with E-state index in [0.717, 1.165) is 12.3 Å². The third kappa shape index (κ3) is 9.21. The fourth-order valence-corrected chi connectivity index (χ4v) is 2.61. The van der Waals surface area contributed by atoms with Gasteiger partial charge in [-0.15, -0.1) is 0 Å². The lowest BCUT2D eigenvalue weighted by molar-refractivity contribution is 0.250. The highest BCUT2D eigenvalue weighted by Crippen LogP contribution is 2.18. The summed E-state index contributed by atoms with van der Waals surface area (Å²) in [5.74, 6) is 1.49. The van der Waals surface area contributed by atoms with Crippen molar-refractivity contribution in [2.24, 2.45) is 5.92 Å². The average Bonchev–Trinajstić information content (AvgIpc) is 2.22. The summed E-state index contributed by atoms with van der Waals surface area (Å²) in [4.78, 5) is 0. The zero-order chi connectivity index (χ0) is 11.7. The van der Waals surface area contributed by atoms with E-state index >= 15 is 0 Å². The molecule has 3 unspecified atom stereocenters. The third-order valence-electron chi connectivity index (χ3n) is 2.41. The molecule has 0 fully saturated rings. The molecule has 0 aromatic carbocycles. The van der Waals surface area contributed by atoms with Crippen molar-refractivity contribution >= 4 is 11.8 Å². The molecule has 0 aromatic rings. The lowest BCUT2D eigenvalue weighted by Gasteiger charge is -2.19. The van der Waals surface area contributed by atoms with Crippen LogP contribution >= 0.6 is 11.8 Å². The Labute approximate surface area is 99.2 Å². The van der Waals surface area contributed by atoms with Gasteiger partial charge in [0.05, 0.1) is 0 Å². The van der Waals surface area contributed by atoms with Gasteiger partial charge < -0.3 is 10.4 Å². The summed E-state index contributed by atoms with van der Waals surface area (Å²) < 4.78 is 0. The first-order valence-corrected chi connectivity index (χ1v) is 7.10. The smallest absolute Gasteiger partial charge is 0.0464 e. The maximum absolute atomic E-state index is 8.92. The largest absolute Gasteiger partial charge is 0.396 e. The maximum Gasteiger partial charge on any atom is 0.0464 e. The average molecular weight is 233 g/mol. The first kappa shape index (κ1) is 15.3. The molecule has 0 aliphatic rings. The van der Waals surface area contributed by atoms with Gasteiger partial charge in [0, 0.05) is 17.9 Å². The van der Waals surface area contributed by atoms with Gasteiger partial charge in [0.2, 0.25) is 0 Å². The molecule has 0 saturated heterocycles. The number of rotatable bonds is 9. The predicted octanol–water partition coefficient (Wildman–Crippen LogP) is 2.51. The Balaban J connectivity index is 3.50. The fraction of sp³-hybridized carbons (Fsp3) is 1.00. The summed E-state index contributed by atoms with van der Waals surface area (Å²) >= 11 is 1.97. The van der Waals surface area contributed by atoms with Crippen molar-refractivity contribution in [2.75, 3.05) is 18.9 Å². The molecular formula is C12H27NOS. The lowest BCUT2D eigenvalue weighted by Crippen LogP contribution is -2.29. The molecule has 0 bridgehead atoms. The van der Waals surface area contributed by atoms with Gasteiger partial charge in [-0.25, -0.2) is 0 Å². The van der Waals surface area contributed by atoms with Gasteiger partial charge in [-0.05, 0) is 38.0 Å². The number of hydrogen-bond donors (Lipinski definition) is 2. The van der Waals surface area contributed by atoms with Gasteiger partial charge in [0.25, 0.3) is 0 Å². The summed E-state index contributed by atoms with van der Waals surface area (Å²) in [6.07, 6.45) is 2.41. The standard InChI is InChI=1S/C12H27NOS/c1-5-6-13-11(3)7-12(4)15-9-10(2)8-14/h10-14H,5-9H2,1-4H3. The number of hydrogen-bond acceptors (Lipinski definition) is 3. The molecule has 0 aromatic heterocycles. The van der Waals surface area contributed by atoms with Crippen molar-refractivity contribution in [3.05, 3.63) is 0 Å². The number of aliphatic hydroxyl groups excluding tert-OH is 1. The Hall–Kier alpha value is 0.270. The van der Waals surface area contributed by atoms with E-state index in [0.29, 0.717) is 23.8 Å². The molecule has 0 spiro atoms. The highest BCUT2D eigenvalue weighted by Gasteiger charge is 2.10. The third-order valence-corrected chi connectivity index (χ3v) is 3.93.